The van der Waals surface area contributed by atoms with E-state index in [1.165, 1.54) is 19.3 Å². The van der Waals surface area contributed by atoms with Crippen LogP contribution < -0.4 is 0 Å². The van der Waals surface area contributed by atoms with Gasteiger partial charge in [0.05, 0.1) is 6.10 Å². The lowest BCUT2D eigenvalue weighted by molar-refractivity contribution is 0.151. The molecular weight excluding hydrogens is 207 g/mol. The molecule has 0 aromatic rings. The van der Waals surface area contributed by atoms with Crippen LogP contribution in [0.2, 0.25) is 0 Å². The summed E-state index contributed by atoms with van der Waals surface area (Å²) >= 11 is 11.3. The highest BCUT2D eigenvalue weighted by atomic mass is 35.5. The Morgan fingerprint density at radius 3 is 2.46 bits per heavy atom. The molecule has 13 heavy (non-hydrogen) atoms. The summed E-state index contributed by atoms with van der Waals surface area (Å²) in [5.74, 6) is 0.424. The number of rotatable bonds is 8. The van der Waals surface area contributed by atoms with Gasteiger partial charge in [-0.2, -0.15) is 0 Å². The first-order chi connectivity index (χ1) is 6.20. The van der Waals surface area contributed by atoms with Crippen LogP contribution in [0.5, 0.6) is 0 Å². The number of aliphatic hydroxyl groups is 1. The Kier molecular flexibility index (Phi) is 9.49. The molecule has 0 saturated heterocycles. The first kappa shape index (κ1) is 13.5. The van der Waals surface area contributed by atoms with Gasteiger partial charge in [0.25, 0.3) is 0 Å². The summed E-state index contributed by atoms with van der Waals surface area (Å²) in [7, 11) is 0. The van der Waals surface area contributed by atoms with Crippen LogP contribution in [-0.4, -0.2) is 22.5 Å². The second-order valence-corrected chi connectivity index (χ2v) is 4.42. The molecule has 1 nitrogen and oxygen atoms in total. The van der Waals surface area contributed by atoms with Crippen molar-refractivity contribution in [3.8, 4) is 0 Å². The Balaban J connectivity index is 3.24. The maximum absolute atomic E-state index is 9.51. The lowest BCUT2D eigenvalue weighted by atomic mass is 10.1. The fraction of sp³-hybridized carbons (Fsp3) is 1.00. The van der Waals surface area contributed by atoms with E-state index in [1.807, 2.05) is 0 Å². The van der Waals surface area contributed by atoms with E-state index in [1.54, 1.807) is 0 Å². The third-order valence-electron chi connectivity index (χ3n) is 2.09. The highest BCUT2D eigenvalue weighted by Gasteiger charge is 2.10. The molecule has 0 aromatic carbocycles. The van der Waals surface area contributed by atoms with Gasteiger partial charge in [0.1, 0.15) is 0 Å². The lowest BCUT2D eigenvalue weighted by Crippen LogP contribution is -2.14. The number of halogens is 2. The van der Waals surface area contributed by atoms with Gasteiger partial charge in [0.2, 0.25) is 0 Å². The van der Waals surface area contributed by atoms with Crippen LogP contribution in [0.4, 0.5) is 0 Å². The summed E-state index contributed by atoms with van der Waals surface area (Å²) in [5.41, 5.74) is 0. The molecule has 0 rings (SSSR count). The molecule has 0 fully saturated rings. The smallest absolute Gasteiger partial charge is 0.0554 e. The van der Waals surface area contributed by atoms with Crippen LogP contribution >= 0.6 is 23.2 Å². The summed E-state index contributed by atoms with van der Waals surface area (Å²) in [6.07, 6.45) is 6.01. The number of alkyl halides is 2. The minimum absolute atomic E-state index is 0.0807. The minimum atomic E-state index is -0.266. The van der Waals surface area contributed by atoms with Gasteiger partial charge in [-0.3, -0.25) is 0 Å². The molecular formula is C10H20Cl2O. The standard InChI is InChI=1S/C10H20Cl2O/c1-2-3-4-5-6-10(13)7-9(12)8-11/h9-10,13H,2-8H2,1H3. The monoisotopic (exact) mass is 226 g/mol. The predicted molar refractivity (Wildman–Crippen MR) is 59.7 cm³/mol. The largest absolute Gasteiger partial charge is 0.393 e. The zero-order chi connectivity index (χ0) is 10.1. The predicted octanol–water partition coefficient (Wildman–Crippen LogP) is 3.55. The van der Waals surface area contributed by atoms with Gasteiger partial charge in [0, 0.05) is 11.3 Å². The normalized spacial score (nSPS) is 15.7. The highest BCUT2D eigenvalue weighted by Crippen LogP contribution is 2.13. The number of hydrogen-bond donors (Lipinski definition) is 1. The van der Waals surface area contributed by atoms with E-state index in [0.29, 0.717) is 12.3 Å². The Hall–Kier alpha value is 0.540. The molecule has 0 aromatic heterocycles. The summed E-state index contributed by atoms with van der Waals surface area (Å²) < 4.78 is 0. The van der Waals surface area contributed by atoms with Crippen molar-refractivity contribution in [2.45, 2.75) is 56.9 Å². The topological polar surface area (TPSA) is 20.2 Å². The molecule has 0 saturated carbocycles. The maximum atomic E-state index is 9.51. The molecule has 0 amide bonds. The van der Waals surface area contributed by atoms with Gasteiger partial charge in [0.15, 0.2) is 0 Å². The second kappa shape index (κ2) is 9.11. The van der Waals surface area contributed by atoms with Crippen molar-refractivity contribution in [1.82, 2.24) is 0 Å². The van der Waals surface area contributed by atoms with E-state index in [9.17, 15) is 5.11 Å². The van der Waals surface area contributed by atoms with Gasteiger partial charge in [-0.25, -0.2) is 0 Å². The fourth-order valence-electron chi connectivity index (χ4n) is 1.28. The zero-order valence-electron chi connectivity index (χ0n) is 8.31. The van der Waals surface area contributed by atoms with E-state index in [4.69, 9.17) is 23.2 Å². The average molecular weight is 227 g/mol. The van der Waals surface area contributed by atoms with E-state index >= 15 is 0 Å². The van der Waals surface area contributed by atoms with E-state index in [0.717, 1.165) is 12.8 Å². The van der Waals surface area contributed by atoms with Gasteiger partial charge < -0.3 is 5.11 Å². The van der Waals surface area contributed by atoms with Crippen molar-refractivity contribution >= 4 is 23.2 Å². The van der Waals surface area contributed by atoms with Crippen molar-refractivity contribution in [2.75, 3.05) is 5.88 Å². The van der Waals surface area contributed by atoms with Crippen molar-refractivity contribution in [3.05, 3.63) is 0 Å². The van der Waals surface area contributed by atoms with E-state index in [2.05, 4.69) is 6.92 Å². The van der Waals surface area contributed by atoms with Crippen molar-refractivity contribution < 1.29 is 5.11 Å². The third-order valence-corrected chi connectivity index (χ3v) is 2.95. The van der Waals surface area contributed by atoms with Crippen LogP contribution in [-0.2, 0) is 0 Å². The summed E-state index contributed by atoms with van der Waals surface area (Å²) in [6, 6.07) is 0. The molecule has 2 unspecified atom stereocenters. The number of aliphatic hydroxyl groups excluding tert-OH is 1. The molecule has 0 heterocycles. The van der Waals surface area contributed by atoms with Crippen LogP contribution in [0.3, 0.4) is 0 Å². The summed E-state index contributed by atoms with van der Waals surface area (Å²) in [5, 5.41) is 9.43. The number of hydrogen-bond acceptors (Lipinski definition) is 1. The van der Waals surface area contributed by atoms with Gasteiger partial charge in [-0.15, -0.1) is 23.2 Å². The fourth-order valence-corrected chi connectivity index (χ4v) is 1.61. The molecule has 0 aliphatic rings. The number of unbranched alkanes of at least 4 members (excludes halogenated alkanes) is 3. The Bertz CT molecular complexity index is 109. The molecule has 0 spiro atoms. The lowest BCUT2D eigenvalue weighted by Gasteiger charge is -2.12. The van der Waals surface area contributed by atoms with Gasteiger partial charge in [-0.05, 0) is 12.8 Å². The molecule has 3 heteroatoms. The second-order valence-electron chi connectivity index (χ2n) is 3.49. The molecule has 0 bridgehead atoms. The maximum Gasteiger partial charge on any atom is 0.0554 e. The van der Waals surface area contributed by atoms with E-state index < -0.39 is 0 Å². The highest BCUT2D eigenvalue weighted by molar-refractivity contribution is 6.28. The zero-order valence-corrected chi connectivity index (χ0v) is 9.82. The molecule has 1 N–H and O–H groups in total. The van der Waals surface area contributed by atoms with Crippen LogP contribution in [0.25, 0.3) is 0 Å². The molecule has 0 aliphatic carbocycles. The SMILES string of the molecule is CCCCCCC(O)CC(Cl)CCl. The van der Waals surface area contributed by atoms with Crippen LogP contribution in [0.1, 0.15) is 45.4 Å². The Morgan fingerprint density at radius 1 is 1.23 bits per heavy atom. The third kappa shape index (κ3) is 8.86. The van der Waals surface area contributed by atoms with Gasteiger partial charge >= 0.3 is 0 Å². The Labute approximate surface area is 91.4 Å². The van der Waals surface area contributed by atoms with Crippen molar-refractivity contribution in [3.63, 3.8) is 0 Å². The first-order valence-corrected chi connectivity index (χ1v) is 6.05. The van der Waals surface area contributed by atoms with Gasteiger partial charge in [-0.1, -0.05) is 32.6 Å². The molecule has 0 aliphatic heterocycles. The van der Waals surface area contributed by atoms with E-state index in [-0.39, 0.29) is 11.5 Å². The summed E-state index contributed by atoms with van der Waals surface area (Å²) in [4.78, 5) is 0. The molecule has 2 atom stereocenters. The molecule has 80 valence electrons. The van der Waals surface area contributed by atoms with Crippen LogP contribution in [0.15, 0.2) is 0 Å². The quantitative estimate of drug-likeness (QED) is 0.496. The first-order valence-electron chi connectivity index (χ1n) is 5.08. The summed E-state index contributed by atoms with van der Waals surface area (Å²) in [6.45, 7) is 2.18. The van der Waals surface area contributed by atoms with Crippen molar-refractivity contribution in [2.24, 2.45) is 0 Å². The van der Waals surface area contributed by atoms with Crippen LogP contribution in [0, 0.1) is 0 Å². The Morgan fingerprint density at radius 2 is 1.92 bits per heavy atom. The molecule has 0 radical (unpaired) electrons. The van der Waals surface area contributed by atoms with Crippen molar-refractivity contribution in [1.29, 1.82) is 0 Å². The average Bonchev–Trinajstić information content (AvgIpc) is 2.12. The minimum Gasteiger partial charge on any atom is -0.393 e.